The van der Waals surface area contributed by atoms with Crippen LogP contribution in [0.2, 0.25) is 0 Å². The second-order valence-electron chi connectivity index (χ2n) is 8.94. The average molecular weight is 546 g/mol. The average Bonchev–Trinajstić information content (AvgIpc) is 3.01. The van der Waals surface area contributed by atoms with E-state index in [4.69, 9.17) is 14.2 Å². The summed E-state index contributed by atoms with van der Waals surface area (Å²) in [6.07, 6.45) is 6.33. The molecular weight excluding hydrogens is 522 g/mol. The van der Waals surface area contributed by atoms with Crippen LogP contribution in [0.5, 0.6) is 23.0 Å². The van der Waals surface area contributed by atoms with Crippen molar-refractivity contribution in [1.29, 1.82) is 0 Å². The first-order valence-corrected chi connectivity index (χ1v) is 12.6. The number of amides is 1. The third-order valence-electron chi connectivity index (χ3n) is 6.48. The molecule has 202 valence electrons. The van der Waals surface area contributed by atoms with Gasteiger partial charge < -0.3 is 19.5 Å². The highest BCUT2D eigenvalue weighted by Crippen LogP contribution is 2.36. The molecule has 0 unspecified atom stereocenters. The van der Waals surface area contributed by atoms with Crippen molar-refractivity contribution in [1.82, 2.24) is 19.5 Å². The number of fused-ring (bicyclic) bond motifs is 2. The third-order valence-corrected chi connectivity index (χ3v) is 6.48. The van der Waals surface area contributed by atoms with E-state index in [1.165, 1.54) is 10.8 Å². The lowest BCUT2D eigenvalue weighted by molar-refractivity contribution is 0.102. The number of carbonyl (C=O) groups is 1. The Kier molecular flexibility index (Phi) is 6.70. The molecule has 0 atom stereocenters. The maximum atomic E-state index is 13.5. The molecule has 6 aromatic rings. The number of ether oxygens (including phenoxy) is 3. The largest absolute Gasteiger partial charge is 0.493 e. The number of nitrogens with zero attached hydrogens (tertiary/aromatic N) is 4. The lowest BCUT2D eigenvalue weighted by atomic mass is 10.1. The summed E-state index contributed by atoms with van der Waals surface area (Å²) >= 11 is 0. The molecule has 1 N–H and O–H groups in total. The molecule has 4 heterocycles. The number of hydrogen-bond donors (Lipinski definition) is 1. The van der Waals surface area contributed by atoms with Gasteiger partial charge >= 0.3 is 0 Å². The van der Waals surface area contributed by atoms with Crippen LogP contribution in [0.4, 0.5) is 5.82 Å². The quantitative estimate of drug-likeness (QED) is 0.284. The normalized spacial score (nSPS) is 10.9. The van der Waals surface area contributed by atoms with Gasteiger partial charge in [0.15, 0.2) is 11.5 Å². The highest BCUT2D eigenvalue weighted by Gasteiger charge is 2.18. The third kappa shape index (κ3) is 4.89. The van der Waals surface area contributed by atoms with E-state index < -0.39 is 11.5 Å². The number of pyridine rings is 4. The summed E-state index contributed by atoms with van der Waals surface area (Å²) in [4.78, 5) is 39.6. The summed E-state index contributed by atoms with van der Waals surface area (Å²) in [5.41, 5.74) is 1.40. The van der Waals surface area contributed by atoms with Crippen molar-refractivity contribution in [3.05, 3.63) is 114 Å². The molecule has 41 heavy (non-hydrogen) atoms. The van der Waals surface area contributed by atoms with Crippen molar-refractivity contribution in [3.8, 4) is 28.7 Å². The standard InChI is InChI=1S/C31H23N5O5/c1-39-27-15-22-24(16-28(27)40-2)33-13-11-26(22)41-21-8-9-29(34-17-21)35-30(37)23-14-19-10-12-32-18-25(19)36(31(23)38)20-6-4-3-5-7-20/h3-18H,1-2H3,(H,34,35,37). The van der Waals surface area contributed by atoms with E-state index in [2.05, 4.69) is 20.3 Å². The number of benzene rings is 2. The Bertz CT molecular complexity index is 1960. The van der Waals surface area contributed by atoms with Crippen molar-refractivity contribution < 1.29 is 19.0 Å². The van der Waals surface area contributed by atoms with Crippen LogP contribution in [0.25, 0.3) is 27.5 Å². The van der Waals surface area contributed by atoms with Gasteiger partial charge in [-0.2, -0.15) is 0 Å². The molecule has 0 saturated heterocycles. The fourth-order valence-corrected chi connectivity index (χ4v) is 4.51. The zero-order valence-electron chi connectivity index (χ0n) is 22.1. The van der Waals surface area contributed by atoms with Crippen molar-refractivity contribution in [2.24, 2.45) is 0 Å². The van der Waals surface area contributed by atoms with Gasteiger partial charge in [-0.25, -0.2) is 4.98 Å². The Morgan fingerprint density at radius 3 is 2.39 bits per heavy atom. The van der Waals surface area contributed by atoms with E-state index in [-0.39, 0.29) is 11.4 Å². The summed E-state index contributed by atoms with van der Waals surface area (Å²) in [6, 6.07) is 21.0. The molecule has 0 radical (unpaired) electrons. The molecule has 10 heteroatoms. The van der Waals surface area contributed by atoms with E-state index >= 15 is 0 Å². The molecule has 2 aromatic carbocycles. The van der Waals surface area contributed by atoms with Crippen molar-refractivity contribution in [2.75, 3.05) is 19.5 Å². The molecule has 0 saturated carbocycles. The molecule has 6 rings (SSSR count). The maximum Gasteiger partial charge on any atom is 0.268 e. The zero-order valence-corrected chi connectivity index (χ0v) is 22.1. The predicted octanol–water partition coefficient (Wildman–Crippen LogP) is 5.39. The van der Waals surface area contributed by atoms with Crippen LogP contribution in [0.1, 0.15) is 10.4 Å². The number of nitrogens with one attached hydrogen (secondary N) is 1. The number of para-hydroxylation sites is 1. The summed E-state index contributed by atoms with van der Waals surface area (Å²) in [6.45, 7) is 0. The minimum Gasteiger partial charge on any atom is -0.493 e. The van der Waals surface area contributed by atoms with Crippen LogP contribution in [-0.2, 0) is 0 Å². The summed E-state index contributed by atoms with van der Waals surface area (Å²) < 4.78 is 18.3. The molecule has 0 aliphatic rings. The minimum absolute atomic E-state index is 0.0256. The first-order valence-electron chi connectivity index (χ1n) is 12.6. The maximum absolute atomic E-state index is 13.5. The van der Waals surface area contributed by atoms with E-state index in [0.29, 0.717) is 45.1 Å². The smallest absolute Gasteiger partial charge is 0.268 e. The minimum atomic E-state index is -0.583. The number of methoxy groups -OCH3 is 2. The first-order chi connectivity index (χ1) is 20.1. The van der Waals surface area contributed by atoms with Crippen LogP contribution in [-0.4, -0.2) is 39.6 Å². The van der Waals surface area contributed by atoms with Gasteiger partial charge in [0.1, 0.15) is 22.9 Å². The lowest BCUT2D eigenvalue weighted by Gasteiger charge is -2.13. The van der Waals surface area contributed by atoms with E-state index in [1.807, 2.05) is 18.2 Å². The Balaban J connectivity index is 1.27. The molecular formula is C31H23N5O5. The Hall–Kier alpha value is -5.77. The highest BCUT2D eigenvalue weighted by atomic mass is 16.5. The van der Waals surface area contributed by atoms with Crippen LogP contribution >= 0.6 is 0 Å². The van der Waals surface area contributed by atoms with E-state index in [0.717, 1.165) is 5.39 Å². The predicted molar refractivity (Wildman–Crippen MR) is 154 cm³/mol. The second-order valence-corrected chi connectivity index (χ2v) is 8.94. The number of rotatable bonds is 7. The van der Waals surface area contributed by atoms with Crippen molar-refractivity contribution in [3.63, 3.8) is 0 Å². The molecule has 10 nitrogen and oxygen atoms in total. The van der Waals surface area contributed by atoms with Gasteiger partial charge in [-0.1, -0.05) is 18.2 Å². The van der Waals surface area contributed by atoms with Crippen LogP contribution in [0, 0.1) is 0 Å². The number of aromatic nitrogens is 4. The van der Waals surface area contributed by atoms with Crippen LogP contribution < -0.4 is 25.1 Å². The number of carbonyl (C=O) groups excluding carboxylic acids is 1. The van der Waals surface area contributed by atoms with Gasteiger partial charge in [-0.05, 0) is 48.5 Å². The van der Waals surface area contributed by atoms with Gasteiger partial charge in [0, 0.05) is 34.9 Å². The number of anilines is 1. The Morgan fingerprint density at radius 1 is 0.829 bits per heavy atom. The van der Waals surface area contributed by atoms with E-state index in [9.17, 15) is 9.59 Å². The van der Waals surface area contributed by atoms with Crippen LogP contribution in [0.3, 0.4) is 0 Å². The van der Waals surface area contributed by atoms with Gasteiger partial charge in [0.05, 0.1) is 37.6 Å². The first kappa shape index (κ1) is 25.5. The molecule has 1 amide bonds. The van der Waals surface area contributed by atoms with Gasteiger partial charge in [0.25, 0.3) is 11.5 Å². The van der Waals surface area contributed by atoms with Crippen molar-refractivity contribution in [2.45, 2.75) is 0 Å². The number of hydrogen-bond acceptors (Lipinski definition) is 8. The Labute approximate surface area is 233 Å². The molecule has 0 fully saturated rings. The molecule has 0 aliphatic carbocycles. The highest BCUT2D eigenvalue weighted by molar-refractivity contribution is 6.05. The van der Waals surface area contributed by atoms with Gasteiger partial charge in [0.2, 0.25) is 0 Å². The SMILES string of the molecule is COc1cc2nccc(Oc3ccc(NC(=O)c4cc5ccncc5n(-c5ccccc5)c4=O)nc3)c2cc1OC. The Morgan fingerprint density at radius 2 is 1.63 bits per heavy atom. The zero-order chi connectivity index (χ0) is 28.3. The lowest BCUT2D eigenvalue weighted by Crippen LogP contribution is -2.28. The van der Waals surface area contributed by atoms with Gasteiger partial charge in [-0.3, -0.25) is 24.1 Å². The topological polar surface area (TPSA) is 117 Å². The summed E-state index contributed by atoms with van der Waals surface area (Å²) in [7, 11) is 3.12. The molecule has 0 bridgehead atoms. The van der Waals surface area contributed by atoms with Crippen molar-refractivity contribution >= 4 is 33.5 Å². The fourth-order valence-electron chi connectivity index (χ4n) is 4.51. The monoisotopic (exact) mass is 545 g/mol. The summed E-state index contributed by atoms with van der Waals surface area (Å²) in [5.74, 6) is 1.77. The molecule has 4 aromatic heterocycles. The molecule has 0 spiro atoms. The summed E-state index contributed by atoms with van der Waals surface area (Å²) in [5, 5.41) is 4.14. The van der Waals surface area contributed by atoms with E-state index in [1.54, 1.807) is 87.4 Å². The van der Waals surface area contributed by atoms with Gasteiger partial charge in [-0.15, -0.1) is 0 Å². The second kappa shape index (κ2) is 10.8. The fraction of sp³-hybridized carbons (Fsp3) is 0.0645. The molecule has 0 aliphatic heterocycles. The van der Waals surface area contributed by atoms with Crippen LogP contribution in [0.15, 0.2) is 102 Å².